The molecule has 4 unspecified atom stereocenters. The predicted octanol–water partition coefficient (Wildman–Crippen LogP) is 1.60. The van der Waals surface area contributed by atoms with Crippen molar-refractivity contribution < 1.29 is 5.11 Å². The lowest BCUT2D eigenvalue weighted by molar-refractivity contribution is 0.0227. The molecule has 3 nitrogen and oxygen atoms in total. The fraction of sp³-hybridized carbons (Fsp3) is 1.00. The summed E-state index contributed by atoms with van der Waals surface area (Å²) < 4.78 is 0. The summed E-state index contributed by atoms with van der Waals surface area (Å²) >= 11 is 0. The first-order valence-electron chi connectivity index (χ1n) is 7.90. The number of hydrogen-bond acceptors (Lipinski definition) is 3. The minimum Gasteiger partial charge on any atom is -0.395 e. The Balaban J connectivity index is 1.60. The number of rotatable bonds is 4. The number of hydrogen-bond donors (Lipinski definition) is 2. The maximum atomic E-state index is 9.70. The van der Waals surface area contributed by atoms with Crippen LogP contribution in [-0.2, 0) is 0 Å². The molecule has 2 saturated carbocycles. The molecule has 3 N–H and O–H groups in total. The van der Waals surface area contributed by atoms with Crippen LogP contribution in [0, 0.1) is 17.8 Å². The lowest BCUT2D eigenvalue weighted by atomic mass is 9.74. The van der Waals surface area contributed by atoms with E-state index in [1.54, 1.807) is 0 Å². The van der Waals surface area contributed by atoms with Gasteiger partial charge < -0.3 is 10.8 Å². The minimum absolute atomic E-state index is 0.204. The average Bonchev–Trinajstić information content (AvgIpc) is 3.23. The number of likely N-dealkylation sites (tertiary alicyclic amines) is 1. The fourth-order valence-electron chi connectivity index (χ4n) is 4.21. The Kier molecular flexibility index (Phi) is 3.92. The SMILES string of the molecule is NC(C1CC1)C(CO)N1CCC2CCCCC2C1. The zero-order chi connectivity index (χ0) is 12.5. The number of piperidine rings is 1. The maximum absolute atomic E-state index is 9.70. The molecule has 0 bridgehead atoms. The molecule has 0 amide bonds. The molecule has 1 heterocycles. The van der Waals surface area contributed by atoms with Crippen molar-refractivity contribution in [2.24, 2.45) is 23.5 Å². The third-order valence-electron chi connectivity index (χ3n) is 5.59. The minimum atomic E-state index is 0.204. The smallest absolute Gasteiger partial charge is 0.0602 e. The predicted molar refractivity (Wildman–Crippen MR) is 73.2 cm³/mol. The number of aliphatic hydroxyl groups excluding tert-OH is 1. The van der Waals surface area contributed by atoms with Crippen molar-refractivity contribution in [2.45, 2.75) is 57.0 Å². The van der Waals surface area contributed by atoms with Gasteiger partial charge in [-0.3, -0.25) is 4.90 Å². The van der Waals surface area contributed by atoms with Crippen LogP contribution >= 0.6 is 0 Å². The van der Waals surface area contributed by atoms with E-state index in [-0.39, 0.29) is 18.7 Å². The molecule has 0 aromatic heterocycles. The standard InChI is InChI=1S/C15H28N2O/c16-15(12-5-6-12)14(10-18)17-8-7-11-3-1-2-4-13(11)9-17/h11-15,18H,1-10,16H2. The van der Waals surface area contributed by atoms with Gasteiger partial charge in [0.25, 0.3) is 0 Å². The molecule has 1 saturated heterocycles. The van der Waals surface area contributed by atoms with E-state index < -0.39 is 0 Å². The van der Waals surface area contributed by atoms with E-state index in [1.165, 1.54) is 51.5 Å². The Morgan fingerprint density at radius 3 is 2.44 bits per heavy atom. The van der Waals surface area contributed by atoms with Crippen LogP contribution in [0.1, 0.15) is 44.9 Å². The lowest BCUT2D eigenvalue weighted by Crippen LogP contribution is -2.55. The van der Waals surface area contributed by atoms with E-state index in [1.807, 2.05) is 0 Å². The summed E-state index contributed by atoms with van der Waals surface area (Å²) in [5.74, 6) is 2.53. The van der Waals surface area contributed by atoms with Crippen molar-refractivity contribution in [2.75, 3.05) is 19.7 Å². The van der Waals surface area contributed by atoms with Crippen molar-refractivity contribution in [3.63, 3.8) is 0 Å². The van der Waals surface area contributed by atoms with Crippen LogP contribution in [0.25, 0.3) is 0 Å². The molecule has 0 spiro atoms. The first-order valence-corrected chi connectivity index (χ1v) is 7.90. The van der Waals surface area contributed by atoms with Gasteiger partial charge in [-0.15, -0.1) is 0 Å². The van der Waals surface area contributed by atoms with Gasteiger partial charge in [0.2, 0.25) is 0 Å². The summed E-state index contributed by atoms with van der Waals surface area (Å²) in [5.41, 5.74) is 6.33. The van der Waals surface area contributed by atoms with E-state index >= 15 is 0 Å². The fourth-order valence-corrected chi connectivity index (χ4v) is 4.21. The van der Waals surface area contributed by atoms with Gasteiger partial charge in [0.1, 0.15) is 0 Å². The summed E-state index contributed by atoms with van der Waals surface area (Å²) in [6.07, 6.45) is 9.57. The highest BCUT2D eigenvalue weighted by Crippen LogP contribution is 2.39. The van der Waals surface area contributed by atoms with Crippen LogP contribution in [0.5, 0.6) is 0 Å². The van der Waals surface area contributed by atoms with Gasteiger partial charge in [0.15, 0.2) is 0 Å². The van der Waals surface area contributed by atoms with Gasteiger partial charge >= 0.3 is 0 Å². The van der Waals surface area contributed by atoms with Gasteiger partial charge in [0.05, 0.1) is 6.61 Å². The summed E-state index contributed by atoms with van der Waals surface area (Å²) in [7, 11) is 0. The Morgan fingerprint density at radius 2 is 1.78 bits per heavy atom. The van der Waals surface area contributed by atoms with Crippen molar-refractivity contribution in [3.05, 3.63) is 0 Å². The third kappa shape index (κ3) is 2.59. The molecule has 4 atom stereocenters. The quantitative estimate of drug-likeness (QED) is 0.799. The highest BCUT2D eigenvalue weighted by molar-refractivity contribution is 4.95. The molecule has 1 aliphatic heterocycles. The zero-order valence-electron chi connectivity index (χ0n) is 11.4. The van der Waals surface area contributed by atoms with Crippen molar-refractivity contribution in [1.29, 1.82) is 0 Å². The van der Waals surface area contributed by atoms with E-state index in [9.17, 15) is 5.11 Å². The Hall–Kier alpha value is -0.120. The first-order chi connectivity index (χ1) is 8.79. The van der Waals surface area contributed by atoms with Gasteiger partial charge in [-0.25, -0.2) is 0 Å². The van der Waals surface area contributed by atoms with Crippen LogP contribution in [0.3, 0.4) is 0 Å². The Morgan fingerprint density at radius 1 is 1.06 bits per heavy atom. The van der Waals surface area contributed by atoms with E-state index in [2.05, 4.69) is 4.90 Å². The number of aliphatic hydroxyl groups is 1. The molecule has 18 heavy (non-hydrogen) atoms. The molecular weight excluding hydrogens is 224 g/mol. The second-order valence-electron chi connectivity index (χ2n) is 6.75. The van der Waals surface area contributed by atoms with E-state index in [0.717, 1.165) is 18.4 Å². The number of nitrogens with two attached hydrogens (primary N) is 1. The van der Waals surface area contributed by atoms with Crippen LogP contribution in [0.4, 0.5) is 0 Å². The van der Waals surface area contributed by atoms with Crippen LogP contribution < -0.4 is 5.73 Å². The second kappa shape index (κ2) is 5.48. The van der Waals surface area contributed by atoms with Gasteiger partial charge in [-0.05, 0) is 50.0 Å². The second-order valence-corrected chi connectivity index (χ2v) is 6.75. The normalized spacial score (nSPS) is 37.0. The molecule has 3 heteroatoms. The number of fused-ring (bicyclic) bond motifs is 1. The summed E-state index contributed by atoms with van der Waals surface area (Å²) in [5, 5.41) is 9.70. The summed E-state index contributed by atoms with van der Waals surface area (Å²) in [6.45, 7) is 2.60. The van der Waals surface area contributed by atoms with Crippen molar-refractivity contribution in [1.82, 2.24) is 4.90 Å². The van der Waals surface area contributed by atoms with Gasteiger partial charge in [-0.2, -0.15) is 0 Å². The topological polar surface area (TPSA) is 49.5 Å². The Bertz CT molecular complexity index is 280. The molecule has 3 fully saturated rings. The van der Waals surface area contributed by atoms with Crippen LogP contribution in [0.2, 0.25) is 0 Å². The number of nitrogens with zero attached hydrogens (tertiary/aromatic N) is 1. The summed E-state index contributed by atoms with van der Waals surface area (Å²) in [4.78, 5) is 2.51. The molecule has 3 rings (SSSR count). The summed E-state index contributed by atoms with van der Waals surface area (Å²) in [6, 6.07) is 0.426. The molecule has 2 aliphatic carbocycles. The van der Waals surface area contributed by atoms with Crippen LogP contribution in [-0.4, -0.2) is 41.8 Å². The maximum Gasteiger partial charge on any atom is 0.0602 e. The largest absolute Gasteiger partial charge is 0.395 e. The average molecular weight is 252 g/mol. The monoisotopic (exact) mass is 252 g/mol. The molecule has 0 radical (unpaired) electrons. The lowest BCUT2D eigenvalue weighted by Gasteiger charge is -2.45. The van der Waals surface area contributed by atoms with Gasteiger partial charge in [0, 0.05) is 18.6 Å². The molecule has 104 valence electrons. The molecule has 0 aromatic carbocycles. The highest BCUT2D eigenvalue weighted by Gasteiger charge is 2.39. The molecule has 0 aromatic rings. The Labute approximate surface area is 111 Å². The third-order valence-corrected chi connectivity index (χ3v) is 5.59. The first kappa shape index (κ1) is 12.9. The molecular formula is C15H28N2O. The van der Waals surface area contributed by atoms with Crippen molar-refractivity contribution in [3.8, 4) is 0 Å². The zero-order valence-corrected chi connectivity index (χ0v) is 11.4. The van der Waals surface area contributed by atoms with Gasteiger partial charge in [-0.1, -0.05) is 19.3 Å². The molecule has 3 aliphatic rings. The van der Waals surface area contributed by atoms with Crippen LogP contribution in [0.15, 0.2) is 0 Å². The van der Waals surface area contributed by atoms with E-state index in [4.69, 9.17) is 5.73 Å². The van der Waals surface area contributed by atoms with Crippen molar-refractivity contribution >= 4 is 0 Å². The highest BCUT2D eigenvalue weighted by atomic mass is 16.3. The van der Waals surface area contributed by atoms with E-state index in [0.29, 0.717) is 5.92 Å².